The van der Waals surface area contributed by atoms with E-state index >= 15 is 0 Å². The number of fused-ring (bicyclic) bond motifs is 1. The lowest BCUT2D eigenvalue weighted by atomic mass is 10.1. The molecule has 1 aliphatic heterocycles. The SMILES string of the molecule is CC(C)(C)OC(=O)N1CC[C@@H](n2c(Cl)c(-c3ccc(Oc4ccccc4)cc3)c3c(N)ncnc32)C1. The summed E-state index contributed by atoms with van der Waals surface area (Å²) in [6, 6.07) is 17.2. The first-order chi connectivity index (χ1) is 17.2. The van der Waals surface area contributed by atoms with Gasteiger partial charge in [0.1, 0.15) is 40.0 Å². The van der Waals surface area contributed by atoms with E-state index in [0.29, 0.717) is 40.8 Å². The van der Waals surface area contributed by atoms with Gasteiger partial charge >= 0.3 is 6.09 Å². The zero-order chi connectivity index (χ0) is 25.4. The van der Waals surface area contributed by atoms with Crippen LogP contribution >= 0.6 is 11.6 Å². The largest absolute Gasteiger partial charge is 0.457 e. The average molecular weight is 506 g/mol. The molecule has 1 atom stereocenters. The molecule has 0 unspecified atom stereocenters. The molecule has 0 saturated carbocycles. The number of rotatable bonds is 4. The molecule has 0 spiro atoms. The van der Waals surface area contributed by atoms with Gasteiger partial charge in [-0.15, -0.1) is 0 Å². The van der Waals surface area contributed by atoms with Gasteiger partial charge in [0.2, 0.25) is 0 Å². The van der Waals surface area contributed by atoms with Gasteiger partial charge in [-0.05, 0) is 57.0 Å². The molecule has 1 saturated heterocycles. The Balaban J connectivity index is 1.48. The molecule has 2 N–H and O–H groups in total. The number of nitrogen functional groups attached to an aromatic ring is 1. The molecule has 0 aliphatic carbocycles. The molecule has 5 rings (SSSR count). The second-order valence-corrected chi connectivity index (χ2v) is 10.2. The van der Waals surface area contributed by atoms with Crippen LogP contribution in [0.25, 0.3) is 22.2 Å². The number of carbonyl (C=O) groups is 1. The number of carbonyl (C=O) groups excluding carboxylic acids is 1. The van der Waals surface area contributed by atoms with Crippen LogP contribution in [0.2, 0.25) is 5.15 Å². The van der Waals surface area contributed by atoms with E-state index in [2.05, 4.69) is 9.97 Å². The summed E-state index contributed by atoms with van der Waals surface area (Å²) in [4.78, 5) is 23.1. The third-order valence-electron chi connectivity index (χ3n) is 6.05. The second kappa shape index (κ2) is 9.35. The average Bonchev–Trinajstić information content (AvgIpc) is 3.42. The first kappa shape index (κ1) is 23.9. The van der Waals surface area contributed by atoms with E-state index in [4.69, 9.17) is 26.8 Å². The first-order valence-corrected chi connectivity index (χ1v) is 12.2. The Morgan fingerprint density at radius 1 is 1.06 bits per heavy atom. The van der Waals surface area contributed by atoms with Gasteiger partial charge in [-0.3, -0.25) is 0 Å². The molecule has 0 radical (unpaired) electrons. The maximum atomic E-state index is 12.6. The Morgan fingerprint density at radius 2 is 1.75 bits per heavy atom. The number of amides is 1. The summed E-state index contributed by atoms with van der Waals surface area (Å²) in [6.45, 7) is 6.60. The van der Waals surface area contributed by atoms with E-state index in [1.807, 2.05) is 79.9 Å². The van der Waals surface area contributed by atoms with Crippen molar-refractivity contribution in [3.8, 4) is 22.6 Å². The molecule has 3 heterocycles. The van der Waals surface area contributed by atoms with Crippen molar-refractivity contribution >= 4 is 34.5 Å². The molecule has 1 fully saturated rings. The highest BCUT2D eigenvalue weighted by Crippen LogP contribution is 2.43. The number of nitrogens with two attached hydrogens (primary N) is 1. The number of para-hydroxylation sites is 1. The van der Waals surface area contributed by atoms with Crippen molar-refractivity contribution in [2.24, 2.45) is 0 Å². The van der Waals surface area contributed by atoms with Crippen LogP contribution in [0.1, 0.15) is 33.2 Å². The van der Waals surface area contributed by atoms with Gasteiger partial charge in [0.05, 0.1) is 11.4 Å². The Labute approximate surface area is 214 Å². The maximum absolute atomic E-state index is 12.6. The topological polar surface area (TPSA) is 95.5 Å². The number of hydrogen-bond acceptors (Lipinski definition) is 6. The van der Waals surface area contributed by atoms with Crippen LogP contribution in [-0.4, -0.2) is 44.2 Å². The number of benzene rings is 2. The summed E-state index contributed by atoms with van der Waals surface area (Å²) in [7, 11) is 0. The van der Waals surface area contributed by atoms with E-state index in [1.54, 1.807) is 4.90 Å². The molecule has 2 aromatic carbocycles. The summed E-state index contributed by atoms with van der Waals surface area (Å²) in [5.74, 6) is 1.81. The summed E-state index contributed by atoms with van der Waals surface area (Å²) in [5.41, 5.74) is 8.03. The molecule has 4 aromatic rings. The van der Waals surface area contributed by atoms with Crippen molar-refractivity contribution < 1.29 is 14.3 Å². The fourth-order valence-electron chi connectivity index (χ4n) is 4.48. The smallest absolute Gasteiger partial charge is 0.410 e. The summed E-state index contributed by atoms with van der Waals surface area (Å²) >= 11 is 7.02. The number of halogens is 1. The predicted molar refractivity (Wildman–Crippen MR) is 140 cm³/mol. The van der Waals surface area contributed by atoms with Crippen LogP contribution in [0.5, 0.6) is 11.5 Å². The third kappa shape index (κ3) is 4.68. The Kier molecular flexibility index (Phi) is 6.22. The molecule has 186 valence electrons. The van der Waals surface area contributed by atoms with E-state index in [9.17, 15) is 4.79 Å². The van der Waals surface area contributed by atoms with E-state index in [0.717, 1.165) is 23.3 Å². The van der Waals surface area contributed by atoms with Crippen LogP contribution in [0.3, 0.4) is 0 Å². The highest BCUT2D eigenvalue weighted by atomic mass is 35.5. The summed E-state index contributed by atoms with van der Waals surface area (Å²) in [6.07, 6.45) is 1.82. The van der Waals surface area contributed by atoms with Gasteiger partial charge in [-0.2, -0.15) is 0 Å². The Bertz CT molecular complexity index is 1400. The number of likely N-dealkylation sites (tertiary alicyclic amines) is 1. The minimum absolute atomic E-state index is 0.0729. The molecule has 9 heteroatoms. The van der Waals surface area contributed by atoms with E-state index in [1.165, 1.54) is 6.33 Å². The van der Waals surface area contributed by atoms with Gasteiger partial charge in [-0.1, -0.05) is 41.9 Å². The Morgan fingerprint density at radius 3 is 2.44 bits per heavy atom. The van der Waals surface area contributed by atoms with Gasteiger partial charge in [0.25, 0.3) is 0 Å². The van der Waals surface area contributed by atoms with Gasteiger partial charge in [-0.25, -0.2) is 14.8 Å². The predicted octanol–water partition coefficient (Wildman–Crippen LogP) is 6.31. The maximum Gasteiger partial charge on any atom is 0.410 e. The number of hydrogen-bond donors (Lipinski definition) is 1. The van der Waals surface area contributed by atoms with Crippen LogP contribution in [0, 0.1) is 0 Å². The molecule has 2 aromatic heterocycles. The second-order valence-electron chi connectivity index (χ2n) is 9.80. The summed E-state index contributed by atoms with van der Waals surface area (Å²) in [5, 5.41) is 1.19. The van der Waals surface area contributed by atoms with Crippen LogP contribution in [0.4, 0.5) is 10.6 Å². The van der Waals surface area contributed by atoms with Crippen LogP contribution in [-0.2, 0) is 4.74 Å². The number of aromatic nitrogens is 3. The standard InChI is InChI=1S/C27H28ClN5O3/c1-27(2,3)36-26(34)32-14-13-18(15-32)33-23(28)21(22-24(29)30-16-31-25(22)33)17-9-11-20(12-10-17)35-19-7-5-4-6-8-19/h4-12,16,18H,13-15H2,1-3H3,(H2,29,30,31)/t18-/m1/s1. The fourth-order valence-corrected chi connectivity index (χ4v) is 4.91. The number of nitrogens with zero attached hydrogens (tertiary/aromatic N) is 4. The van der Waals surface area contributed by atoms with Gasteiger partial charge in [0, 0.05) is 18.7 Å². The quantitative estimate of drug-likeness (QED) is 0.349. The minimum Gasteiger partial charge on any atom is -0.457 e. The Hall–Kier alpha value is -3.78. The number of ether oxygens (including phenoxy) is 2. The van der Waals surface area contributed by atoms with E-state index < -0.39 is 5.60 Å². The lowest BCUT2D eigenvalue weighted by Crippen LogP contribution is -2.35. The van der Waals surface area contributed by atoms with Crippen molar-refractivity contribution in [2.45, 2.75) is 38.8 Å². The highest BCUT2D eigenvalue weighted by Gasteiger charge is 2.34. The zero-order valence-corrected chi connectivity index (χ0v) is 21.2. The molecule has 8 nitrogen and oxygen atoms in total. The zero-order valence-electron chi connectivity index (χ0n) is 20.4. The monoisotopic (exact) mass is 505 g/mol. The normalized spacial score (nSPS) is 15.9. The van der Waals surface area contributed by atoms with Crippen molar-refractivity contribution in [3.05, 3.63) is 66.1 Å². The van der Waals surface area contributed by atoms with Crippen molar-refractivity contribution in [1.82, 2.24) is 19.4 Å². The molecule has 1 amide bonds. The molecular formula is C27H28ClN5O3. The van der Waals surface area contributed by atoms with Crippen LogP contribution < -0.4 is 10.5 Å². The minimum atomic E-state index is -0.557. The van der Waals surface area contributed by atoms with Crippen molar-refractivity contribution in [3.63, 3.8) is 0 Å². The fraction of sp³-hybridized carbons (Fsp3) is 0.296. The van der Waals surface area contributed by atoms with Crippen LogP contribution in [0.15, 0.2) is 60.9 Å². The van der Waals surface area contributed by atoms with E-state index in [-0.39, 0.29) is 12.1 Å². The number of anilines is 1. The molecule has 36 heavy (non-hydrogen) atoms. The van der Waals surface area contributed by atoms with Crippen molar-refractivity contribution in [2.75, 3.05) is 18.8 Å². The lowest BCUT2D eigenvalue weighted by molar-refractivity contribution is 0.0289. The van der Waals surface area contributed by atoms with Gasteiger partial charge in [0.15, 0.2) is 0 Å². The lowest BCUT2D eigenvalue weighted by Gasteiger charge is -2.24. The summed E-state index contributed by atoms with van der Waals surface area (Å²) < 4.78 is 13.4. The highest BCUT2D eigenvalue weighted by molar-refractivity contribution is 6.35. The molecule has 1 aliphatic rings. The molecule has 0 bridgehead atoms. The first-order valence-electron chi connectivity index (χ1n) is 11.8. The molecular weight excluding hydrogens is 478 g/mol. The van der Waals surface area contributed by atoms with Gasteiger partial charge < -0.3 is 24.7 Å². The van der Waals surface area contributed by atoms with Crippen molar-refractivity contribution in [1.29, 1.82) is 0 Å². The third-order valence-corrected chi connectivity index (χ3v) is 6.43.